The van der Waals surface area contributed by atoms with Crippen LogP contribution in [-0.2, 0) is 17.0 Å². The molecule has 2 heterocycles. The van der Waals surface area contributed by atoms with Gasteiger partial charge in [-0.2, -0.15) is 13.2 Å². The molecule has 2 bridgehead atoms. The number of halogens is 3. The molecule has 0 saturated carbocycles. The average Bonchev–Trinajstić information content (AvgIpc) is 2.97. The van der Waals surface area contributed by atoms with Gasteiger partial charge < -0.3 is 10.2 Å². The minimum Gasteiger partial charge on any atom is -0.318 e. The molecule has 2 fully saturated rings. The molecule has 2 amide bonds. The molecule has 0 aromatic heterocycles. The van der Waals surface area contributed by atoms with E-state index in [0.29, 0.717) is 18.5 Å². The number of alkyl halides is 3. The average molecular weight is 422 g/mol. The van der Waals surface area contributed by atoms with Crippen molar-refractivity contribution in [2.45, 2.75) is 54.1 Å². The Morgan fingerprint density at radius 2 is 1.55 bits per heavy atom. The number of urea groups is 1. The molecular formula is C21H21F3N2O2S. The highest BCUT2D eigenvalue weighted by atomic mass is 32.2. The van der Waals surface area contributed by atoms with Crippen LogP contribution in [-0.4, -0.2) is 32.5 Å². The van der Waals surface area contributed by atoms with Crippen molar-refractivity contribution in [2.24, 2.45) is 0 Å². The van der Waals surface area contributed by atoms with Gasteiger partial charge in [0.1, 0.15) is 0 Å². The number of hydrogen-bond donors (Lipinski definition) is 1. The van der Waals surface area contributed by atoms with E-state index >= 15 is 0 Å². The molecule has 2 aliphatic rings. The van der Waals surface area contributed by atoms with Crippen molar-refractivity contribution in [3.05, 3.63) is 60.2 Å². The standard InChI is InChI=1S/C21H21F3N2O2S/c22-21(23,24)14-6-8-15(9-7-14)25-20(27)26-16-10-11-17(26)13-19(12-16)29(28)18-4-2-1-3-5-18/h1-9,16-17,19H,10-13H2,(H,25,27)/t16-,17+,19?,29?. The van der Waals surface area contributed by atoms with E-state index in [-0.39, 0.29) is 23.4 Å². The van der Waals surface area contributed by atoms with Gasteiger partial charge in [-0.05, 0) is 62.1 Å². The summed E-state index contributed by atoms with van der Waals surface area (Å²) >= 11 is 0. The molecule has 4 atom stereocenters. The second kappa shape index (κ2) is 7.82. The van der Waals surface area contributed by atoms with Crippen molar-refractivity contribution < 1.29 is 22.2 Å². The monoisotopic (exact) mass is 422 g/mol. The van der Waals surface area contributed by atoms with E-state index in [9.17, 15) is 22.2 Å². The van der Waals surface area contributed by atoms with Crippen molar-refractivity contribution in [3.63, 3.8) is 0 Å². The fraction of sp³-hybridized carbons (Fsp3) is 0.381. The summed E-state index contributed by atoms with van der Waals surface area (Å²) in [7, 11) is -1.11. The molecular weight excluding hydrogens is 401 g/mol. The minimum atomic E-state index is -4.40. The van der Waals surface area contributed by atoms with Crippen LogP contribution in [0.25, 0.3) is 0 Å². The van der Waals surface area contributed by atoms with Gasteiger partial charge in [0.2, 0.25) is 0 Å². The van der Waals surface area contributed by atoms with E-state index in [2.05, 4.69) is 5.32 Å². The molecule has 8 heteroatoms. The zero-order valence-electron chi connectivity index (χ0n) is 15.6. The molecule has 154 valence electrons. The van der Waals surface area contributed by atoms with Gasteiger partial charge in [0.05, 0.1) is 16.4 Å². The second-order valence-corrected chi connectivity index (χ2v) is 9.23. The quantitative estimate of drug-likeness (QED) is 0.753. The Hall–Kier alpha value is -2.35. The van der Waals surface area contributed by atoms with Crippen molar-refractivity contribution in [1.29, 1.82) is 0 Å². The van der Waals surface area contributed by atoms with Gasteiger partial charge in [-0.1, -0.05) is 18.2 Å². The Kier molecular flexibility index (Phi) is 5.38. The van der Waals surface area contributed by atoms with Crippen LogP contribution >= 0.6 is 0 Å². The molecule has 4 rings (SSSR count). The Morgan fingerprint density at radius 1 is 0.966 bits per heavy atom. The van der Waals surface area contributed by atoms with Crippen molar-refractivity contribution in [2.75, 3.05) is 5.32 Å². The van der Waals surface area contributed by atoms with Gasteiger partial charge >= 0.3 is 12.2 Å². The summed E-state index contributed by atoms with van der Waals surface area (Å²) in [6.07, 6.45) is -1.37. The Balaban J connectivity index is 1.42. The zero-order valence-corrected chi connectivity index (χ0v) is 16.4. The van der Waals surface area contributed by atoms with E-state index in [4.69, 9.17) is 0 Å². The van der Waals surface area contributed by atoms with Crippen LogP contribution in [0.15, 0.2) is 59.5 Å². The number of hydrogen-bond acceptors (Lipinski definition) is 2. The third-order valence-corrected chi connectivity index (χ3v) is 7.39. The lowest BCUT2D eigenvalue weighted by Crippen LogP contribution is -2.50. The fourth-order valence-corrected chi connectivity index (χ4v) is 5.92. The lowest BCUT2D eigenvalue weighted by molar-refractivity contribution is -0.137. The summed E-state index contributed by atoms with van der Waals surface area (Å²) in [5.41, 5.74) is -0.419. The van der Waals surface area contributed by atoms with Crippen LogP contribution in [0.4, 0.5) is 23.7 Å². The molecule has 2 aliphatic heterocycles. The van der Waals surface area contributed by atoms with Crippen LogP contribution in [0, 0.1) is 0 Å². The number of benzene rings is 2. The number of anilines is 1. The molecule has 0 aliphatic carbocycles. The third kappa shape index (κ3) is 4.17. The summed E-state index contributed by atoms with van der Waals surface area (Å²) in [5.74, 6) is 0. The summed E-state index contributed by atoms with van der Waals surface area (Å²) in [6.45, 7) is 0. The lowest BCUT2D eigenvalue weighted by Gasteiger charge is -2.38. The van der Waals surface area contributed by atoms with E-state index < -0.39 is 22.5 Å². The third-order valence-electron chi connectivity index (χ3n) is 5.67. The normalized spacial score (nSPS) is 24.9. The number of carbonyl (C=O) groups is 1. The Morgan fingerprint density at radius 3 is 2.10 bits per heavy atom. The van der Waals surface area contributed by atoms with Crippen molar-refractivity contribution in [3.8, 4) is 0 Å². The van der Waals surface area contributed by atoms with Crippen molar-refractivity contribution in [1.82, 2.24) is 4.90 Å². The smallest absolute Gasteiger partial charge is 0.318 e. The minimum absolute atomic E-state index is 0.000797. The highest BCUT2D eigenvalue weighted by Crippen LogP contribution is 2.39. The van der Waals surface area contributed by atoms with E-state index in [1.165, 1.54) is 12.1 Å². The number of nitrogens with one attached hydrogen (secondary N) is 1. The number of nitrogens with zero attached hydrogens (tertiary/aromatic N) is 1. The topological polar surface area (TPSA) is 49.4 Å². The maximum absolute atomic E-state index is 12.9. The molecule has 1 N–H and O–H groups in total. The highest BCUT2D eigenvalue weighted by molar-refractivity contribution is 7.85. The summed E-state index contributed by atoms with van der Waals surface area (Å²) < 4.78 is 51.0. The van der Waals surface area contributed by atoms with Crippen LogP contribution in [0.2, 0.25) is 0 Å². The summed E-state index contributed by atoms with van der Waals surface area (Å²) in [4.78, 5) is 15.4. The molecule has 4 nitrogen and oxygen atoms in total. The first kappa shape index (κ1) is 19.9. The van der Waals surface area contributed by atoms with Crippen LogP contribution in [0.1, 0.15) is 31.2 Å². The maximum Gasteiger partial charge on any atom is 0.416 e. The largest absolute Gasteiger partial charge is 0.416 e. The van der Waals surface area contributed by atoms with E-state index in [0.717, 1.165) is 29.9 Å². The SMILES string of the molecule is O=C(Nc1ccc(C(F)(F)F)cc1)N1[C@@H]2CC[C@H]1CC(S(=O)c1ccccc1)C2. The van der Waals surface area contributed by atoms with Gasteiger partial charge in [-0.3, -0.25) is 4.21 Å². The van der Waals surface area contributed by atoms with E-state index in [1.54, 1.807) is 4.90 Å². The Labute approximate surface area is 169 Å². The van der Waals surface area contributed by atoms with E-state index in [1.807, 2.05) is 30.3 Å². The first-order valence-electron chi connectivity index (χ1n) is 9.55. The maximum atomic E-state index is 12.9. The van der Waals surface area contributed by atoms with Crippen LogP contribution < -0.4 is 5.32 Å². The van der Waals surface area contributed by atoms with Gasteiger partial charge in [-0.15, -0.1) is 0 Å². The predicted molar refractivity (Wildman–Crippen MR) is 105 cm³/mol. The molecule has 0 radical (unpaired) electrons. The lowest BCUT2D eigenvalue weighted by atomic mass is 10.0. The molecule has 0 spiro atoms. The zero-order chi connectivity index (χ0) is 20.6. The van der Waals surface area contributed by atoms with Gasteiger partial charge in [0.25, 0.3) is 0 Å². The first-order valence-corrected chi connectivity index (χ1v) is 10.8. The summed E-state index contributed by atoms with van der Waals surface area (Å²) in [5, 5.41) is 2.72. The number of amides is 2. The molecule has 29 heavy (non-hydrogen) atoms. The van der Waals surface area contributed by atoms with Crippen LogP contribution in [0.3, 0.4) is 0 Å². The molecule has 2 unspecified atom stereocenters. The number of rotatable bonds is 3. The molecule has 2 saturated heterocycles. The Bertz CT molecular complexity index is 888. The first-order chi connectivity index (χ1) is 13.8. The predicted octanol–water partition coefficient (Wildman–Crippen LogP) is 5.04. The molecule has 2 aromatic carbocycles. The molecule has 2 aromatic rings. The van der Waals surface area contributed by atoms with Gasteiger partial charge in [0, 0.05) is 27.9 Å². The number of fused-ring (bicyclic) bond motifs is 2. The fourth-order valence-electron chi connectivity index (χ4n) is 4.31. The number of piperidine rings is 1. The number of carbonyl (C=O) groups excluding carboxylic acids is 1. The summed E-state index contributed by atoms with van der Waals surface area (Å²) in [6, 6.07) is 13.5. The van der Waals surface area contributed by atoms with Crippen LogP contribution in [0.5, 0.6) is 0 Å². The van der Waals surface area contributed by atoms with Gasteiger partial charge in [-0.25, -0.2) is 4.79 Å². The van der Waals surface area contributed by atoms with Crippen molar-refractivity contribution >= 4 is 22.5 Å². The highest BCUT2D eigenvalue weighted by Gasteiger charge is 2.45. The van der Waals surface area contributed by atoms with Gasteiger partial charge in [0.15, 0.2) is 0 Å². The second-order valence-electron chi connectivity index (χ2n) is 7.50.